The molecule has 0 radical (unpaired) electrons. The Kier molecular flexibility index (Phi) is 4.74. The Morgan fingerprint density at radius 1 is 1.45 bits per heavy atom. The number of aromatic hydroxyl groups is 1. The number of ether oxygens (including phenoxy) is 1. The SMILES string of the molecule is CCOc1cc(C=Nc2oc(C)c(C)c2C#N)cc(Cl)c1O. The van der Waals surface area contributed by atoms with Crippen molar-refractivity contribution < 1.29 is 14.3 Å². The molecule has 0 amide bonds. The van der Waals surface area contributed by atoms with Gasteiger partial charge >= 0.3 is 0 Å². The zero-order chi connectivity index (χ0) is 16.3. The first-order valence-electron chi connectivity index (χ1n) is 6.67. The van der Waals surface area contributed by atoms with E-state index in [1.165, 1.54) is 6.21 Å². The zero-order valence-electron chi connectivity index (χ0n) is 12.5. The number of nitriles is 1. The van der Waals surface area contributed by atoms with Crippen LogP contribution in [0.5, 0.6) is 11.5 Å². The first-order chi connectivity index (χ1) is 10.5. The third-order valence-corrected chi connectivity index (χ3v) is 3.45. The quantitative estimate of drug-likeness (QED) is 0.853. The predicted molar refractivity (Wildman–Crippen MR) is 84.4 cm³/mol. The van der Waals surface area contributed by atoms with Crippen molar-refractivity contribution in [2.24, 2.45) is 4.99 Å². The van der Waals surface area contributed by atoms with E-state index in [2.05, 4.69) is 11.1 Å². The van der Waals surface area contributed by atoms with Crippen LogP contribution in [0.25, 0.3) is 0 Å². The second-order valence-corrected chi connectivity index (χ2v) is 5.02. The number of benzene rings is 1. The maximum absolute atomic E-state index is 9.80. The lowest BCUT2D eigenvalue weighted by Gasteiger charge is -2.07. The van der Waals surface area contributed by atoms with Crippen molar-refractivity contribution in [1.82, 2.24) is 0 Å². The summed E-state index contributed by atoms with van der Waals surface area (Å²) in [4.78, 5) is 4.19. The molecule has 114 valence electrons. The number of phenolic OH excluding ortho intramolecular Hbond substituents is 1. The van der Waals surface area contributed by atoms with Crippen LogP contribution in [0.4, 0.5) is 5.88 Å². The van der Waals surface area contributed by atoms with E-state index in [0.29, 0.717) is 23.5 Å². The zero-order valence-corrected chi connectivity index (χ0v) is 13.2. The molecule has 0 saturated carbocycles. The summed E-state index contributed by atoms with van der Waals surface area (Å²) in [5.74, 6) is 1.08. The average molecular weight is 319 g/mol. The maximum atomic E-state index is 9.80. The van der Waals surface area contributed by atoms with Crippen LogP contribution in [0, 0.1) is 25.2 Å². The summed E-state index contributed by atoms with van der Waals surface area (Å²) in [6.07, 6.45) is 1.51. The summed E-state index contributed by atoms with van der Waals surface area (Å²) in [7, 11) is 0. The maximum Gasteiger partial charge on any atom is 0.237 e. The van der Waals surface area contributed by atoms with Gasteiger partial charge in [-0.1, -0.05) is 11.6 Å². The fourth-order valence-electron chi connectivity index (χ4n) is 1.90. The smallest absolute Gasteiger partial charge is 0.237 e. The van der Waals surface area contributed by atoms with Gasteiger partial charge in [0, 0.05) is 11.8 Å². The highest BCUT2D eigenvalue weighted by molar-refractivity contribution is 6.32. The number of halogens is 1. The Hall–Kier alpha value is -2.45. The van der Waals surface area contributed by atoms with Crippen LogP contribution < -0.4 is 4.74 Å². The molecule has 0 aliphatic heterocycles. The Morgan fingerprint density at radius 2 is 2.18 bits per heavy atom. The standard InChI is InChI=1S/C16H15ClN2O3/c1-4-21-14-6-11(5-13(17)15(14)20)8-19-16-12(7-18)9(2)10(3)22-16/h5-6,8,20H,4H2,1-3H3. The normalized spacial score (nSPS) is 10.9. The minimum absolute atomic E-state index is 0.108. The number of hydrogen-bond donors (Lipinski definition) is 1. The molecule has 22 heavy (non-hydrogen) atoms. The monoisotopic (exact) mass is 318 g/mol. The number of furan rings is 1. The van der Waals surface area contributed by atoms with Crippen molar-refractivity contribution in [3.8, 4) is 17.6 Å². The van der Waals surface area contributed by atoms with Crippen molar-refractivity contribution in [2.75, 3.05) is 6.61 Å². The van der Waals surface area contributed by atoms with Gasteiger partial charge in [-0.05, 0) is 38.5 Å². The number of aliphatic imine (C=N–C) groups is 1. The van der Waals surface area contributed by atoms with E-state index in [1.54, 1.807) is 26.0 Å². The largest absolute Gasteiger partial charge is 0.503 e. The molecule has 1 aromatic carbocycles. The van der Waals surface area contributed by atoms with Crippen LogP contribution in [0.2, 0.25) is 5.02 Å². The van der Waals surface area contributed by atoms with Crippen LogP contribution >= 0.6 is 11.6 Å². The van der Waals surface area contributed by atoms with E-state index in [-0.39, 0.29) is 22.4 Å². The Bertz CT molecular complexity index is 773. The molecule has 1 heterocycles. The third-order valence-electron chi connectivity index (χ3n) is 3.16. The van der Waals surface area contributed by atoms with Crippen molar-refractivity contribution >= 4 is 23.7 Å². The molecule has 0 unspecified atom stereocenters. The molecular formula is C16H15ClN2O3. The van der Waals surface area contributed by atoms with Crippen molar-refractivity contribution in [1.29, 1.82) is 5.26 Å². The van der Waals surface area contributed by atoms with Crippen molar-refractivity contribution in [3.05, 3.63) is 39.6 Å². The molecule has 2 aromatic rings. The van der Waals surface area contributed by atoms with Gasteiger partial charge in [0.05, 0.1) is 11.6 Å². The molecule has 0 spiro atoms. The molecule has 0 aliphatic carbocycles. The van der Waals surface area contributed by atoms with Gasteiger partial charge in [-0.3, -0.25) is 0 Å². The molecule has 0 fully saturated rings. The lowest BCUT2D eigenvalue weighted by Crippen LogP contribution is -1.94. The van der Waals surface area contributed by atoms with E-state index >= 15 is 0 Å². The molecule has 1 N–H and O–H groups in total. The molecule has 2 rings (SSSR count). The second-order valence-electron chi connectivity index (χ2n) is 4.62. The molecule has 5 nitrogen and oxygen atoms in total. The lowest BCUT2D eigenvalue weighted by molar-refractivity contribution is 0.318. The Labute approximate surface area is 133 Å². The molecule has 6 heteroatoms. The minimum Gasteiger partial charge on any atom is -0.503 e. The number of hydrogen-bond acceptors (Lipinski definition) is 5. The van der Waals surface area contributed by atoms with E-state index in [1.807, 2.05) is 6.92 Å². The third kappa shape index (κ3) is 3.07. The highest BCUT2D eigenvalue weighted by Crippen LogP contribution is 2.35. The van der Waals surface area contributed by atoms with E-state index < -0.39 is 0 Å². The fourth-order valence-corrected chi connectivity index (χ4v) is 2.12. The summed E-state index contributed by atoms with van der Waals surface area (Å²) in [5.41, 5.74) is 1.80. The average Bonchev–Trinajstić information content (AvgIpc) is 2.76. The van der Waals surface area contributed by atoms with Gasteiger partial charge in [0.25, 0.3) is 0 Å². The Morgan fingerprint density at radius 3 is 2.82 bits per heavy atom. The van der Waals surface area contributed by atoms with Crippen molar-refractivity contribution in [2.45, 2.75) is 20.8 Å². The van der Waals surface area contributed by atoms with E-state index in [9.17, 15) is 5.11 Å². The molecule has 0 aliphatic rings. The molecular weight excluding hydrogens is 304 g/mol. The van der Waals surface area contributed by atoms with Crippen LogP contribution in [0.3, 0.4) is 0 Å². The predicted octanol–water partition coefficient (Wildman–Crippen LogP) is 4.28. The Balaban J connectivity index is 2.39. The lowest BCUT2D eigenvalue weighted by atomic mass is 10.2. The van der Waals surface area contributed by atoms with Gasteiger partial charge in [0.15, 0.2) is 11.5 Å². The van der Waals surface area contributed by atoms with Crippen molar-refractivity contribution in [3.63, 3.8) is 0 Å². The van der Waals surface area contributed by atoms with Crippen LogP contribution in [0.1, 0.15) is 29.4 Å². The number of rotatable bonds is 4. The summed E-state index contributed by atoms with van der Waals surface area (Å²) in [5, 5.41) is 19.1. The van der Waals surface area contributed by atoms with Gasteiger partial charge in [-0.2, -0.15) is 5.26 Å². The second kappa shape index (κ2) is 6.54. The van der Waals surface area contributed by atoms with Gasteiger partial charge in [-0.25, -0.2) is 4.99 Å². The number of phenols is 1. The number of aryl methyl sites for hydroxylation is 1. The highest BCUT2D eigenvalue weighted by atomic mass is 35.5. The summed E-state index contributed by atoms with van der Waals surface area (Å²) >= 11 is 5.96. The van der Waals surface area contributed by atoms with Gasteiger partial charge in [0.2, 0.25) is 5.88 Å². The van der Waals surface area contributed by atoms with E-state index in [4.69, 9.17) is 26.0 Å². The van der Waals surface area contributed by atoms with Crippen LogP contribution in [-0.2, 0) is 0 Å². The minimum atomic E-state index is -0.108. The first kappa shape index (κ1) is 15.9. The molecule has 1 aromatic heterocycles. The molecule has 0 bridgehead atoms. The first-order valence-corrected chi connectivity index (χ1v) is 7.05. The van der Waals surface area contributed by atoms with Gasteiger partial charge in [-0.15, -0.1) is 0 Å². The summed E-state index contributed by atoms with van der Waals surface area (Å²) in [6.45, 7) is 5.79. The summed E-state index contributed by atoms with van der Waals surface area (Å²) in [6, 6.07) is 5.24. The van der Waals surface area contributed by atoms with Gasteiger partial charge < -0.3 is 14.3 Å². The summed E-state index contributed by atoms with van der Waals surface area (Å²) < 4.78 is 10.8. The fraction of sp³-hybridized carbons (Fsp3) is 0.250. The molecule has 0 atom stereocenters. The van der Waals surface area contributed by atoms with Gasteiger partial charge in [0.1, 0.15) is 17.4 Å². The highest BCUT2D eigenvalue weighted by Gasteiger charge is 2.13. The number of nitrogens with zero attached hydrogens (tertiary/aromatic N) is 2. The van der Waals surface area contributed by atoms with Crippen LogP contribution in [0.15, 0.2) is 21.5 Å². The van der Waals surface area contributed by atoms with Crippen LogP contribution in [-0.4, -0.2) is 17.9 Å². The topological polar surface area (TPSA) is 78.8 Å². The van der Waals surface area contributed by atoms with E-state index in [0.717, 1.165) is 5.56 Å². The molecule has 0 saturated heterocycles.